The van der Waals surface area contributed by atoms with Gasteiger partial charge in [-0.05, 0) is 66.7 Å². The van der Waals surface area contributed by atoms with Crippen LogP contribution in [0.3, 0.4) is 0 Å². The summed E-state index contributed by atoms with van der Waals surface area (Å²) < 4.78 is 24.1. The number of ether oxygens (including phenoxy) is 2. The normalized spacial score (nSPS) is 14.7. The molecule has 4 rings (SSSR count). The summed E-state index contributed by atoms with van der Waals surface area (Å²) in [5.41, 5.74) is 2.10. The van der Waals surface area contributed by atoms with Gasteiger partial charge < -0.3 is 9.47 Å². The molecular formula is C24H18ClFN2O3. The fraction of sp³-hybridized carbons (Fsp3) is 0.0833. The van der Waals surface area contributed by atoms with Crippen LogP contribution in [0.15, 0.2) is 77.4 Å². The monoisotopic (exact) mass is 436 g/mol. The highest BCUT2D eigenvalue weighted by atomic mass is 35.5. The van der Waals surface area contributed by atoms with Crippen LogP contribution in [0.25, 0.3) is 6.08 Å². The van der Waals surface area contributed by atoms with E-state index in [9.17, 15) is 9.18 Å². The third-order valence-corrected chi connectivity index (χ3v) is 5.03. The average molecular weight is 437 g/mol. The molecule has 31 heavy (non-hydrogen) atoms. The summed E-state index contributed by atoms with van der Waals surface area (Å²) in [4.78, 5) is 19.4. The van der Waals surface area contributed by atoms with Gasteiger partial charge in [-0.1, -0.05) is 11.6 Å². The Morgan fingerprint density at radius 2 is 1.68 bits per heavy atom. The van der Waals surface area contributed by atoms with E-state index >= 15 is 0 Å². The summed E-state index contributed by atoms with van der Waals surface area (Å²) in [5.74, 6) is 0.874. The van der Waals surface area contributed by atoms with Crippen LogP contribution >= 0.6 is 11.6 Å². The molecule has 0 N–H and O–H groups in total. The number of rotatable bonds is 5. The van der Waals surface area contributed by atoms with Gasteiger partial charge in [-0.2, -0.15) is 0 Å². The van der Waals surface area contributed by atoms with Gasteiger partial charge in [-0.3, -0.25) is 9.69 Å². The maximum atomic E-state index is 13.5. The first kappa shape index (κ1) is 20.6. The minimum atomic E-state index is -0.390. The van der Waals surface area contributed by atoms with Crippen molar-refractivity contribution in [3.63, 3.8) is 0 Å². The highest BCUT2D eigenvalue weighted by Crippen LogP contribution is 2.31. The standard InChI is InChI=1S/C24H18ClFN2O3/c1-30-20-12-5-16(22(14-20)31-2)13-21-24(29)28(19-10-8-18(26)9-11-19)23(27-21)15-3-6-17(25)7-4-15/h3-14H,1-2H3/b21-13+. The van der Waals surface area contributed by atoms with Crippen LogP contribution in [-0.4, -0.2) is 26.0 Å². The van der Waals surface area contributed by atoms with Crippen LogP contribution in [0.2, 0.25) is 5.02 Å². The highest BCUT2D eigenvalue weighted by Gasteiger charge is 2.32. The van der Waals surface area contributed by atoms with E-state index in [1.165, 1.54) is 29.2 Å². The Kier molecular flexibility index (Phi) is 5.73. The zero-order chi connectivity index (χ0) is 22.0. The van der Waals surface area contributed by atoms with E-state index in [0.29, 0.717) is 39.2 Å². The minimum absolute atomic E-state index is 0.220. The lowest BCUT2D eigenvalue weighted by atomic mass is 10.1. The van der Waals surface area contributed by atoms with E-state index in [1.54, 1.807) is 62.8 Å². The number of anilines is 1. The van der Waals surface area contributed by atoms with Gasteiger partial charge in [-0.15, -0.1) is 0 Å². The Hall–Kier alpha value is -3.64. The molecule has 5 nitrogen and oxygen atoms in total. The van der Waals surface area contributed by atoms with E-state index < -0.39 is 0 Å². The number of amides is 1. The number of hydrogen-bond donors (Lipinski definition) is 0. The predicted octanol–water partition coefficient (Wildman–Crippen LogP) is 5.33. The number of halogens is 2. The van der Waals surface area contributed by atoms with Crippen LogP contribution in [-0.2, 0) is 4.79 Å². The fourth-order valence-corrected chi connectivity index (χ4v) is 3.35. The number of benzene rings is 3. The number of aliphatic imine (C=N–C) groups is 1. The van der Waals surface area contributed by atoms with Gasteiger partial charge in [-0.25, -0.2) is 9.38 Å². The topological polar surface area (TPSA) is 51.1 Å². The largest absolute Gasteiger partial charge is 0.497 e. The lowest BCUT2D eigenvalue weighted by Gasteiger charge is -2.18. The molecule has 0 spiro atoms. The first-order valence-electron chi connectivity index (χ1n) is 9.38. The average Bonchev–Trinajstić information content (AvgIpc) is 3.11. The van der Waals surface area contributed by atoms with Gasteiger partial charge in [0.1, 0.15) is 28.8 Å². The van der Waals surface area contributed by atoms with Crippen molar-refractivity contribution in [3.05, 3.63) is 94.4 Å². The van der Waals surface area contributed by atoms with E-state index in [0.717, 1.165) is 0 Å². The predicted molar refractivity (Wildman–Crippen MR) is 119 cm³/mol. The quantitative estimate of drug-likeness (QED) is 0.508. The SMILES string of the molecule is COc1ccc(/C=C2/N=C(c3ccc(Cl)cc3)N(c3ccc(F)cc3)C2=O)c(OC)c1. The summed E-state index contributed by atoms with van der Waals surface area (Å²) in [6, 6.07) is 18.0. The van der Waals surface area contributed by atoms with Gasteiger partial charge in [0.2, 0.25) is 0 Å². The molecule has 0 fully saturated rings. The van der Waals surface area contributed by atoms with Crippen LogP contribution < -0.4 is 14.4 Å². The summed E-state index contributed by atoms with van der Waals surface area (Å²) >= 11 is 6.01. The molecule has 0 aromatic heterocycles. The number of hydrogen-bond acceptors (Lipinski definition) is 4. The number of methoxy groups -OCH3 is 2. The van der Waals surface area contributed by atoms with E-state index in [4.69, 9.17) is 21.1 Å². The number of carbonyl (C=O) groups excluding carboxylic acids is 1. The second-order valence-electron chi connectivity index (χ2n) is 6.70. The van der Waals surface area contributed by atoms with Crippen molar-refractivity contribution < 1.29 is 18.7 Å². The second kappa shape index (κ2) is 8.62. The molecule has 0 saturated carbocycles. The lowest BCUT2D eigenvalue weighted by Crippen LogP contribution is -2.32. The van der Waals surface area contributed by atoms with E-state index in [2.05, 4.69) is 4.99 Å². The molecule has 3 aromatic carbocycles. The fourth-order valence-electron chi connectivity index (χ4n) is 3.22. The van der Waals surface area contributed by atoms with Crippen molar-refractivity contribution in [1.29, 1.82) is 0 Å². The molecular weight excluding hydrogens is 419 g/mol. The Bertz CT molecular complexity index is 1190. The van der Waals surface area contributed by atoms with E-state index in [-0.39, 0.29) is 17.4 Å². The van der Waals surface area contributed by atoms with E-state index in [1.807, 2.05) is 0 Å². The molecule has 1 aliphatic heterocycles. The van der Waals surface area contributed by atoms with Crippen LogP contribution in [0, 0.1) is 5.82 Å². The highest BCUT2D eigenvalue weighted by molar-refractivity contribution is 6.34. The Morgan fingerprint density at radius 1 is 0.968 bits per heavy atom. The van der Waals surface area contributed by atoms with Gasteiger partial charge in [0.05, 0.1) is 19.9 Å². The molecule has 156 valence electrons. The maximum absolute atomic E-state index is 13.5. The van der Waals surface area contributed by atoms with Gasteiger partial charge in [0.25, 0.3) is 5.91 Å². The third-order valence-electron chi connectivity index (χ3n) is 4.78. The zero-order valence-corrected chi connectivity index (χ0v) is 17.6. The number of amidine groups is 1. The van der Waals surface area contributed by atoms with Crippen LogP contribution in [0.1, 0.15) is 11.1 Å². The molecule has 0 bridgehead atoms. The number of nitrogens with zero attached hydrogens (tertiary/aromatic N) is 2. The molecule has 0 unspecified atom stereocenters. The summed E-state index contributed by atoms with van der Waals surface area (Å²) in [6.07, 6.45) is 1.65. The Balaban J connectivity index is 1.82. The molecule has 0 aliphatic carbocycles. The minimum Gasteiger partial charge on any atom is -0.497 e. The summed E-state index contributed by atoms with van der Waals surface area (Å²) in [6.45, 7) is 0. The molecule has 0 atom stereocenters. The summed E-state index contributed by atoms with van der Waals surface area (Å²) in [7, 11) is 3.11. The molecule has 0 radical (unpaired) electrons. The first-order valence-corrected chi connectivity index (χ1v) is 9.76. The van der Waals surface area contributed by atoms with Crippen LogP contribution in [0.4, 0.5) is 10.1 Å². The molecule has 3 aromatic rings. The third kappa shape index (κ3) is 4.15. The smallest absolute Gasteiger partial charge is 0.282 e. The number of carbonyl (C=O) groups is 1. The van der Waals surface area contributed by atoms with Crippen molar-refractivity contribution in [2.45, 2.75) is 0 Å². The van der Waals surface area contributed by atoms with Crippen molar-refractivity contribution in [1.82, 2.24) is 0 Å². The van der Waals surface area contributed by atoms with Crippen molar-refractivity contribution >= 4 is 35.1 Å². The second-order valence-corrected chi connectivity index (χ2v) is 7.13. The molecule has 1 aliphatic rings. The first-order chi connectivity index (χ1) is 15.0. The Labute approximate surface area is 184 Å². The van der Waals surface area contributed by atoms with Gasteiger partial charge >= 0.3 is 0 Å². The lowest BCUT2D eigenvalue weighted by molar-refractivity contribution is -0.113. The Morgan fingerprint density at radius 3 is 2.32 bits per heavy atom. The van der Waals surface area contributed by atoms with Crippen molar-refractivity contribution in [2.75, 3.05) is 19.1 Å². The molecule has 0 saturated heterocycles. The van der Waals surface area contributed by atoms with Crippen molar-refractivity contribution in [3.8, 4) is 11.5 Å². The van der Waals surface area contributed by atoms with Gasteiger partial charge in [0, 0.05) is 22.2 Å². The molecule has 7 heteroatoms. The van der Waals surface area contributed by atoms with Crippen molar-refractivity contribution in [2.24, 2.45) is 4.99 Å². The molecule has 1 heterocycles. The maximum Gasteiger partial charge on any atom is 0.282 e. The molecule has 1 amide bonds. The van der Waals surface area contributed by atoms with Gasteiger partial charge in [0.15, 0.2) is 0 Å². The summed E-state index contributed by atoms with van der Waals surface area (Å²) in [5, 5.41) is 0.570. The van der Waals surface area contributed by atoms with Crippen LogP contribution in [0.5, 0.6) is 11.5 Å². The zero-order valence-electron chi connectivity index (χ0n) is 16.8.